The van der Waals surface area contributed by atoms with Crippen LogP contribution in [-0.2, 0) is 0 Å². The Morgan fingerprint density at radius 2 is 0.953 bits per heavy atom. The molecule has 0 aliphatic heterocycles. The van der Waals surface area contributed by atoms with E-state index >= 15 is 0 Å². The van der Waals surface area contributed by atoms with Crippen LogP contribution in [0.3, 0.4) is 0 Å². The van der Waals surface area contributed by atoms with Crippen molar-refractivity contribution < 1.29 is 4.42 Å². The second kappa shape index (κ2) is 8.37. The molecule has 0 radical (unpaired) electrons. The fraction of sp³-hybridized carbons (Fsp3) is 0. The lowest BCUT2D eigenvalue weighted by Crippen LogP contribution is -1.94. The van der Waals surface area contributed by atoms with Gasteiger partial charge in [0, 0.05) is 43.7 Å². The molecule has 3 nitrogen and oxygen atoms in total. The van der Waals surface area contributed by atoms with Crippen molar-refractivity contribution in [3.05, 3.63) is 146 Å². The molecule has 0 atom stereocenters. The van der Waals surface area contributed by atoms with Crippen LogP contribution >= 0.6 is 0 Å². The zero-order valence-electron chi connectivity index (χ0n) is 23.2. The summed E-state index contributed by atoms with van der Waals surface area (Å²) < 4.78 is 11.1. The summed E-state index contributed by atoms with van der Waals surface area (Å²) in [5, 5.41) is 9.78. The maximum atomic E-state index is 6.25. The van der Waals surface area contributed by atoms with Gasteiger partial charge < -0.3 is 13.6 Å². The Balaban J connectivity index is 1.30. The minimum atomic E-state index is 0.920. The molecular weight excluding hydrogens is 524 g/mol. The zero-order valence-corrected chi connectivity index (χ0v) is 23.2. The van der Waals surface area contributed by atoms with Gasteiger partial charge in [0.2, 0.25) is 0 Å². The molecule has 0 N–H and O–H groups in total. The molecule has 0 unspecified atom stereocenters. The van der Waals surface area contributed by atoms with Gasteiger partial charge in [-0.05, 0) is 77.5 Å². The molecule has 43 heavy (non-hydrogen) atoms. The minimum Gasteiger partial charge on any atom is -0.456 e. The van der Waals surface area contributed by atoms with Gasteiger partial charge in [0.1, 0.15) is 11.2 Å². The van der Waals surface area contributed by atoms with Gasteiger partial charge in [0.15, 0.2) is 0 Å². The van der Waals surface area contributed by atoms with Crippen LogP contribution in [0, 0.1) is 0 Å². The second-order valence-electron chi connectivity index (χ2n) is 11.4. The number of nitrogens with zero attached hydrogens (tertiary/aromatic N) is 2. The Morgan fingerprint density at radius 3 is 1.67 bits per heavy atom. The summed E-state index contributed by atoms with van der Waals surface area (Å²) in [4.78, 5) is 0. The molecule has 200 valence electrons. The van der Waals surface area contributed by atoms with Crippen molar-refractivity contribution in [3.8, 4) is 11.4 Å². The largest absolute Gasteiger partial charge is 0.456 e. The Morgan fingerprint density at radius 1 is 0.349 bits per heavy atom. The maximum Gasteiger partial charge on any atom is 0.136 e. The van der Waals surface area contributed by atoms with Gasteiger partial charge in [0.05, 0.1) is 22.1 Å². The first kappa shape index (κ1) is 22.8. The normalized spacial score (nSPS) is 12.2. The van der Waals surface area contributed by atoms with Crippen molar-refractivity contribution in [1.29, 1.82) is 0 Å². The first-order valence-corrected chi connectivity index (χ1v) is 14.7. The van der Waals surface area contributed by atoms with E-state index in [2.05, 4.69) is 143 Å². The summed E-state index contributed by atoms with van der Waals surface area (Å²) in [5.74, 6) is 0. The predicted octanol–water partition coefficient (Wildman–Crippen LogP) is 10.9. The Bertz CT molecular complexity index is 2720. The minimum absolute atomic E-state index is 0.920. The molecule has 0 fully saturated rings. The van der Waals surface area contributed by atoms with Crippen LogP contribution in [0.4, 0.5) is 0 Å². The molecule has 10 aromatic rings. The summed E-state index contributed by atoms with van der Waals surface area (Å²) in [6, 6.07) is 52.3. The second-order valence-corrected chi connectivity index (χ2v) is 11.4. The van der Waals surface area contributed by atoms with Crippen molar-refractivity contribution in [1.82, 2.24) is 9.13 Å². The average molecular weight is 549 g/mol. The molecule has 3 heteroatoms. The molecule has 7 aromatic carbocycles. The zero-order chi connectivity index (χ0) is 28.1. The average Bonchev–Trinajstić information content (AvgIpc) is 3.71. The van der Waals surface area contributed by atoms with Crippen LogP contribution < -0.4 is 0 Å². The van der Waals surface area contributed by atoms with Crippen molar-refractivity contribution >= 4 is 76.3 Å². The molecule has 0 saturated carbocycles. The number of fused-ring (bicyclic) bond motifs is 11. The highest BCUT2D eigenvalue weighted by atomic mass is 16.3. The highest BCUT2D eigenvalue weighted by Crippen LogP contribution is 2.42. The van der Waals surface area contributed by atoms with Crippen molar-refractivity contribution in [2.45, 2.75) is 0 Å². The first-order valence-electron chi connectivity index (χ1n) is 14.7. The van der Waals surface area contributed by atoms with E-state index in [1.54, 1.807) is 0 Å². The van der Waals surface area contributed by atoms with E-state index < -0.39 is 0 Å². The molecule has 0 aliphatic rings. The van der Waals surface area contributed by atoms with Crippen LogP contribution in [0.25, 0.3) is 87.7 Å². The molecule has 0 saturated heterocycles. The van der Waals surface area contributed by atoms with Gasteiger partial charge in [-0.3, -0.25) is 0 Å². The van der Waals surface area contributed by atoms with Gasteiger partial charge in [-0.1, -0.05) is 78.9 Å². The van der Waals surface area contributed by atoms with E-state index in [4.69, 9.17) is 4.42 Å². The summed E-state index contributed by atoms with van der Waals surface area (Å²) in [6.07, 6.45) is 0. The third kappa shape index (κ3) is 3.08. The molecule has 0 bridgehead atoms. The van der Waals surface area contributed by atoms with Crippen molar-refractivity contribution in [2.75, 3.05) is 0 Å². The number of benzene rings is 7. The van der Waals surface area contributed by atoms with Crippen LogP contribution in [0.2, 0.25) is 0 Å². The number of furan rings is 1. The first-order chi connectivity index (χ1) is 21.3. The van der Waals surface area contributed by atoms with Gasteiger partial charge >= 0.3 is 0 Å². The maximum absolute atomic E-state index is 6.25. The highest BCUT2D eigenvalue weighted by molar-refractivity contribution is 6.29. The lowest BCUT2D eigenvalue weighted by Gasteiger charge is -2.10. The van der Waals surface area contributed by atoms with E-state index in [-0.39, 0.29) is 0 Å². The van der Waals surface area contributed by atoms with Crippen LogP contribution in [0.1, 0.15) is 0 Å². The SMILES string of the molecule is c1ccc(-n2c3ccccc3c3c4c5ccccc5n(-c5ccc6cc7c(cc6c5)oc5ccccc57)c4ccc32)cc1. The topological polar surface area (TPSA) is 23.0 Å². The lowest BCUT2D eigenvalue weighted by molar-refractivity contribution is 0.669. The summed E-state index contributed by atoms with van der Waals surface area (Å²) in [6.45, 7) is 0. The third-order valence-corrected chi connectivity index (χ3v) is 9.06. The fourth-order valence-corrected chi connectivity index (χ4v) is 7.25. The van der Waals surface area contributed by atoms with E-state index in [1.807, 2.05) is 12.1 Å². The number of aromatic nitrogens is 2. The lowest BCUT2D eigenvalue weighted by atomic mass is 10.0. The predicted molar refractivity (Wildman–Crippen MR) is 180 cm³/mol. The van der Waals surface area contributed by atoms with Crippen LogP contribution in [0.15, 0.2) is 150 Å². The van der Waals surface area contributed by atoms with Gasteiger partial charge in [-0.25, -0.2) is 0 Å². The molecule has 0 aliphatic carbocycles. The van der Waals surface area contributed by atoms with E-state index in [9.17, 15) is 0 Å². The van der Waals surface area contributed by atoms with E-state index in [1.165, 1.54) is 54.7 Å². The third-order valence-electron chi connectivity index (χ3n) is 9.06. The molecule has 3 aromatic heterocycles. The summed E-state index contributed by atoms with van der Waals surface area (Å²) >= 11 is 0. The van der Waals surface area contributed by atoms with E-state index in [0.717, 1.165) is 33.0 Å². The Labute approximate surface area is 246 Å². The van der Waals surface area contributed by atoms with Crippen molar-refractivity contribution in [2.24, 2.45) is 0 Å². The van der Waals surface area contributed by atoms with Crippen LogP contribution in [-0.4, -0.2) is 9.13 Å². The van der Waals surface area contributed by atoms with Gasteiger partial charge in [-0.2, -0.15) is 0 Å². The molecule has 10 rings (SSSR count). The fourth-order valence-electron chi connectivity index (χ4n) is 7.25. The quantitative estimate of drug-likeness (QED) is 0.211. The molecule has 0 amide bonds. The monoisotopic (exact) mass is 548 g/mol. The molecule has 3 heterocycles. The highest BCUT2D eigenvalue weighted by Gasteiger charge is 2.20. The smallest absolute Gasteiger partial charge is 0.136 e. The molecule has 0 spiro atoms. The number of hydrogen-bond donors (Lipinski definition) is 0. The number of rotatable bonds is 2. The summed E-state index contributed by atoms with van der Waals surface area (Å²) in [7, 11) is 0. The standard InChI is InChI=1S/C40H24N2O/c1-2-10-27(11-3-1)41-33-15-7-4-13-30(33)39-35(41)20-21-36-40(39)31-14-5-8-16-34(31)42(36)28-19-18-25-23-32-29-12-6-9-17-37(29)43-38(32)24-26(25)22-28/h1-24H. The Hall–Kier alpha value is -5.80. The van der Waals surface area contributed by atoms with Crippen molar-refractivity contribution in [3.63, 3.8) is 0 Å². The number of para-hydroxylation sites is 4. The summed E-state index contributed by atoms with van der Waals surface area (Å²) in [5.41, 5.74) is 8.99. The van der Waals surface area contributed by atoms with E-state index in [0.29, 0.717) is 0 Å². The Kier molecular flexibility index (Phi) is 4.45. The van der Waals surface area contributed by atoms with Gasteiger partial charge in [-0.15, -0.1) is 0 Å². The number of hydrogen-bond acceptors (Lipinski definition) is 1. The molecular formula is C40H24N2O. The van der Waals surface area contributed by atoms with Gasteiger partial charge in [0.25, 0.3) is 0 Å². The van der Waals surface area contributed by atoms with Crippen LogP contribution in [0.5, 0.6) is 0 Å².